The zero-order chi connectivity index (χ0) is 13.3. The van der Waals surface area contributed by atoms with Crippen molar-refractivity contribution in [1.82, 2.24) is 0 Å². The second-order valence-electron chi connectivity index (χ2n) is 4.36. The van der Waals surface area contributed by atoms with Gasteiger partial charge in [-0.1, -0.05) is 11.6 Å². The number of benzene rings is 1. The van der Waals surface area contributed by atoms with Gasteiger partial charge in [-0.2, -0.15) is 0 Å². The predicted molar refractivity (Wildman–Crippen MR) is 69.3 cm³/mol. The number of ether oxygens (including phenoxy) is 1. The first kappa shape index (κ1) is 12.4. The molecule has 0 spiro atoms. The maximum Gasteiger partial charge on any atom is 0.200 e. The standard InChI is InChI=1S/C15H16O3/c1-9-5-6-14(17-4)13(7-9)15(16)12-8-10(2)18-11(12)3/h5-8H,1-4H3. The monoisotopic (exact) mass is 244 g/mol. The molecule has 2 rings (SSSR count). The highest BCUT2D eigenvalue weighted by atomic mass is 16.5. The number of methoxy groups -OCH3 is 1. The second-order valence-corrected chi connectivity index (χ2v) is 4.36. The SMILES string of the molecule is COc1ccc(C)cc1C(=O)c1cc(C)oc1C. The van der Waals surface area contributed by atoms with E-state index in [0.717, 1.165) is 11.3 Å². The fourth-order valence-electron chi connectivity index (χ4n) is 2.00. The number of hydrogen-bond donors (Lipinski definition) is 0. The minimum Gasteiger partial charge on any atom is -0.496 e. The molecule has 0 amide bonds. The molecule has 1 aromatic carbocycles. The average molecular weight is 244 g/mol. The van der Waals surface area contributed by atoms with Crippen LogP contribution in [0.1, 0.15) is 33.0 Å². The summed E-state index contributed by atoms with van der Waals surface area (Å²) in [7, 11) is 1.56. The third-order valence-electron chi connectivity index (χ3n) is 2.89. The van der Waals surface area contributed by atoms with Crippen molar-refractivity contribution in [2.24, 2.45) is 0 Å². The summed E-state index contributed by atoms with van der Waals surface area (Å²) >= 11 is 0. The summed E-state index contributed by atoms with van der Waals surface area (Å²) in [5.74, 6) is 1.90. The Hall–Kier alpha value is -2.03. The van der Waals surface area contributed by atoms with Crippen LogP contribution >= 0.6 is 0 Å². The highest BCUT2D eigenvalue weighted by Crippen LogP contribution is 2.25. The first-order chi connectivity index (χ1) is 8.52. The van der Waals surface area contributed by atoms with E-state index in [4.69, 9.17) is 9.15 Å². The summed E-state index contributed by atoms with van der Waals surface area (Å²) in [6.07, 6.45) is 0. The van der Waals surface area contributed by atoms with Crippen molar-refractivity contribution in [3.63, 3.8) is 0 Å². The van der Waals surface area contributed by atoms with E-state index in [1.54, 1.807) is 20.1 Å². The van der Waals surface area contributed by atoms with E-state index in [2.05, 4.69) is 0 Å². The Balaban J connectivity index is 2.51. The molecular formula is C15H16O3. The van der Waals surface area contributed by atoms with Crippen LogP contribution in [0.15, 0.2) is 28.7 Å². The molecule has 1 heterocycles. The lowest BCUT2D eigenvalue weighted by molar-refractivity contribution is 0.103. The van der Waals surface area contributed by atoms with Gasteiger partial charge in [0.25, 0.3) is 0 Å². The van der Waals surface area contributed by atoms with E-state index in [1.807, 2.05) is 32.0 Å². The van der Waals surface area contributed by atoms with E-state index < -0.39 is 0 Å². The van der Waals surface area contributed by atoms with Crippen molar-refractivity contribution in [2.75, 3.05) is 7.11 Å². The molecule has 0 atom stereocenters. The Kier molecular flexibility index (Phi) is 3.24. The molecule has 0 saturated heterocycles. The first-order valence-corrected chi connectivity index (χ1v) is 5.79. The molecule has 0 saturated carbocycles. The maximum atomic E-state index is 12.5. The van der Waals surface area contributed by atoms with Gasteiger partial charge in [0.1, 0.15) is 17.3 Å². The maximum absolute atomic E-state index is 12.5. The smallest absolute Gasteiger partial charge is 0.200 e. The zero-order valence-corrected chi connectivity index (χ0v) is 11.0. The highest BCUT2D eigenvalue weighted by molar-refractivity contribution is 6.11. The predicted octanol–water partition coefficient (Wildman–Crippen LogP) is 3.44. The number of ketones is 1. The van der Waals surface area contributed by atoms with E-state index >= 15 is 0 Å². The lowest BCUT2D eigenvalue weighted by atomic mass is 10.0. The van der Waals surface area contributed by atoms with Crippen molar-refractivity contribution < 1.29 is 13.9 Å². The van der Waals surface area contributed by atoms with E-state index in [9.17, 15) is 4.79 Å². The summed E-state index contributed by atoms with van der Waals surface area (Å²) in [6, 6.07) is 7.33. The fraction of sp³-hybridized carbons (Fsp3) is 0.267. The van der Waals surface area contributed by atoms with Crippen LogP contribution in [0.25, 0.3) is 0 Å². The van der Waals surface area contributed by atoms with Crippen molar-refractivity contribution in [3.8, 4) is 5.75 Å². The van der Waals surface area contributed by atoms with Gasteiger partial charge in [-0.3, -0.25) is 4.79 Å². The molecule has 0 bridgehead atoms. The van der Waals surface area contributed by atoms with Gasteiger partial charge in [-0.25, -0.2) is 0 Å². The van der Waals surface area contributed by atoms with Crippen LogP contribution in [0.2, 0.25) is 0 Å². The van der Waals surface area contributed by atoms with Gasteiger partial charge >= 0.3 is 0 Å². The molecule has 0 aliphatic carbocycles. The summed E-state index contributed by atoms with van der Waals surface area (Å²) in [6.45, 7) is 5.57. The Morgan fingerprint density at radius 3 is 2.39 bits per heavy atom. The molecule has 0 radical (unpaired) electrons. The fourth-order valence-corrected chi connectivity index (χ4v) is 2.00. The minimum absolute atomic E-state index is 0.0649. The molecule has 2 aromatic rings. The topological polar surface area (TPSA) is 39.4 Å². The Bertz CT molecular complexity index is 594. The van der Waals surface area contributed by atoms with Crippen molar-refractivity contribution in [2.45, 2.75) is 20.8 Å². The van der Waals surface area contributed by atoms with Gasteiger partial charge in [0, 0.05) is 0 Å². The molecule has 94 valence electrons. The van der Waals surface area contributed by atoms with E-state index in [1.165, 1.54) is 0 Å². The molecule has 0 fully saturated rings. The van der Waals surface area contributed by atoms with E-state index in [0.29, 0.717) is 22.6 Å². The van der Waals surface area contributed by atoms with Crippen LogP contribution in [-0.4, -0.2) is 12.9 Å². The summed E-state index contributed by atoms with van der Waals surface area (Å²) in [4.78, 5) is 12.5. The van der Waals surface area contributed by atoms with Crippen LogP contribution < -0.4 is 4.74 Å². The van der Waals surface area contributed by atoms with Gasteiger partial charge in [-0.05, 0) is 39.0 Å². The number of furan rings is 1. The molecule has 1 aromatic heterocycles. The van der Waals surface area contributed by atoms with Crippen molar-refractivity contribution >= 4 is 5.78 Å². The molecule has 0 aliphatic rings. The lowest BCUT2D eigenvalue weighted by Crippen LogP contribution is -2.04. The van der Waals surface area contributed by atoms with Gasteiger partial charge in [0.2, 0.25) is 0 Å². The summed E-state index contributed by atoms with van der Waals surface area (Å²) < 4.78 is 10.6. The summed E-state index contributed by atoms with van der Waals surface area (Å²) in [5, 5.41) is 0. The van der Waals surface area contributed by atoms with Crippen LogP contribution in [0, 0.1) is 20.8 Å². The Morgan fingerprint density at radius 2 is 1.83 bits per heavy atom. The van der Waals surface area contributed by atoms with Crippen molar-refractivity contribution in [1.29, 1.82) is 0 Å². The first-order valence-electron chi connectivity index (χ1n) is 5.79. The lowest BCUT2D eigenvalue weighted by Gasteiger charge is -2.07. The van der Waals surface area contributed by atoms with Crippen LogP contribution in [0.5, 0.6) is 5.75 Å². The largest absolute Gasteiger partial charge is 0.496 e. The number of aryl methyl sites for hydroxylation is 3. The zero-order valence-electron chi connectivity index (χ0n) is 11.0. The summed E-state index contributed by atoms with van der Waals surface area (Å²) in [5.41, 5.74) is 2.19. The number of carbonyl (C=O) groups excluding carboxylic acids is 1. The number of hydrogen-bond acceptors (Lipinski definition) is 3. The molecular weight excluding hydrogens is 228 g/mol. The van der Waals surface area contributed by atoms with Gasteiger partial charge < -0.3 is 9.15 Å². The average Bonchev–Trinajstić information content (AvgIpc) is 2.67. The molecule has 0 N–H and O–H groups in total. The second kappa shape index (κ2) is 4.69. The van der Waals surface area contributed by atoms with Crippen LogP contribution in [0.3, 0.4) is 0 Å². The molecule has 3 heteroatoms. The molecule has 0 aliphatic heterocycles. The molecule has 3 nitrogen and oxygen atoms in total. The third-order valence-corrected chi connectivity index (χ3v) is 2.89. The van der Waals surface area contributed by atoms with Crippen LogP contribution in [-0.2, 0) is 0 Å². The molecule has 18 heavy (non-hydrogen) atoms. The van der Waals surface area contributed by atoms with Crippen molar-refractivity contribution in [3.05, 3.63) is 52.5 Å². The third kappa shape index (κ3) is 2.16. The van der Waals surface area contributed by atoms with Gasteiger partial charge in [0.15, 0.2) is 5.78 Å². The van der Waals surface area contributed by atoms with E-state index in [-0.39, 0.29) is 5.78 Å². The Labute approximate surface area is 106 Å². The van der Waals surface area contributed by atoms with Gasteiger partial charge in [-0.15, -0.1) is 0 Å². The Morgan fingerprint density at radius 1 is 1.11 bits per heavy atom. The minimum atomic E-state index is -0.0649. The molecule has 0 unspecified atom stereocenters. The highest BCUT2D eigenvalue weighted by Gasteiger charge is 2.19. The normalized spacial score (nSPS) is 10.4. The number of rotatable bonds is 3. The van der Waals surface area contributed by atoms with Gasteiger partial charge in [0.05, 0.1) is 18.2 Å². The van der Waals surface area contributed by atoms with Crippen LogP contribution in [0.4, 0.5) is 0 Å². The number of carbonyl (C=O) groups is 1. The quantitative estimate of drug-likeness (QED) is 0.776.